The van der Waals surface area contributed by atoms with Gasteiger partial charge in [0, 0.05) is 56.4 Å². The Bertz CT molecular complexity index is 848. The van der Waals surface area contributed by atoms with Crippen LogP contribution >= 0.6 is 0 Å². The fourth-order valence-corrected chi connectivity index (χ4v) is 3.26. The summed E-state index contributed by atoms with van der Waals surface area (Å²) in [5, 5.41) is 3.53. The van der Waals surface area contributed by atoms with Crippen molar-refractivity contribution >= 4 is 28.6 Å². The van der Waals surface area contributed by atoms with Gasteiger partial charge in [-0.25, -0.2) is 0 Å². The number of amides is 3. The van der Waals surface area contributed by atoms with E-state index in [2.05, 4.69) is 5.32 Å². The summed E-state index contributed by atoms with van der Waals surface area (Å²) in [7, 11) is 1.92. The lowest BCUT2D eigenvalue weighted by molar-refractivity contribution is -0.147. The van der Waals surface area contributed by atoms with Gasteiger partial charge in [0.25, 0.3) is 5.91 Å². The van der Waals surface area contributed by atoms with E-state index >= 15 is 0 Å². The summed E-state index contributed by atoms with van der Waals surface area (Å²) >= 11 is 0. The predicted octanol–water partition coefficient (Wildman–Crippen LogP) is 0.987. The molecule has 0 spiro atoms. The van der Waals surface area contributed by atoms with Crippen molar-refractivity contribution in [2.75, 3.05) is 26.2 Å². The molecule has 1 aliphatic heterocycles. The van der Waals surface area contributed by atoms with E-state index in [9.17, 15) is 14.4 Å². The normalized spacial score (nSPS) is 14.8. The molecule has 1 saturated heterocycles. The standard InChI is InChI=1S/C19H24N4O3/c1-13(2)20-17(24)19(26)23-10-8-22(9-11-23)18(25)15-12-21(3)16-7-5-4-6-14(15)16/h4-7,12-13H,8-11H2,1-3H3,(H,20,24). The van der Waals surface area contributed by atoms with Crippen LogP contribution in [-0.4, -0.2) is 64.3 Å². The van der Waals surface area contributed by atoms with E-state index in [1.165, 1.54) is 4.90 Å². The van der Waals surface area contributed by atoms with Crippen molar-refractivity contribution in [2.45, 2.75) is 19.9 Å². The number of aryl methyl sites for hydroxylation is 1. The van der Waals surface area contributed by atoms with Gasteiger partial charge in [-0.05, 0) is 19.9 Å². The highest BCUT2D eigenvalue weighted by atomic mass is 16.2. The molecule has 7 nitrogen and oxygen atoms in total. The number of rotatable bonds is 2. The number of fused-ring (bicyclic) bond motifs is 1. The van der Waals surface area contributed by atoms with Crippen LogP contribution in [0.4, 0.5) is 0 Å². The zero-order valence-corrected chi connectivity index (χ0v) is 15.4. The van der Waals surface area contributed by atoms with Gasteiger partial charge < -0.3 is 19.7 Å². The van der Waals surface area contributed by atoms with Gasteiger partial charge in [-0.3, -0.25) is 14.4 Å². The largest absolute Gasteiger partial charge is 0.350 e. The molecule has 26 heavy (non-hydrogen) atoms. The highest BCUT2D eigenvalue weighted by Crippen LogP contribution is 2.22. The molecule has 1 aromatic heterocycles. The number of carbonyl (C=O) groups excluding carboxylic acids is 3. The van der Waals surface area contributed by atoms with Crippen molar-refractivity contribution in [3.63, 3.8) is 0 Å². The molecule has 0 atom stereocenters. The molecule has 0 saturated carbocycles. The zero-order chi connectivity index (χ0) is 18.8. The zero-order valence-electron chi connectivity index (χ0n) is 15.4. The molecule has 3 rings (SSSR count). The molecule has 2 aromatic rings. The van der Waals surface area contributed by atoms with E-state index in [0.29, 0.717) is 31.7 Å². The number of nitrogens with one attached hydrogen (secondary N) is 1. The molecule has 1 aliphatic rings. The smallest absolute Gasteiger partial charge is 0.312 e. The minimum absolute atomic E-state index is 0.0412. The summed E-state index contributed by atoms with van der Waals surface area (Å²) in [5.41, 5.74) is 1.68. The SMILES string of the molecule is CC(C)NC(=O)C(=O)N1CCN(C(=O)c2cn(C)c3ccccc23)CC1. The second-order valence-corrected chi connectivity index (χ2v) is 6.88. The van der Waals surface area contributed by atoms with E-state index in [0.717, 1.165) is 10.9 Å². The fourth-order valence-electron chi connectivity index (χ4n) is 3.26. The Hall–Kier alpha value is -2.83. The summed E-state index contributed by atoms with van der Waals surface area (Å²) in [6.07, 6.45) is 1.85. The quantitative estimate of drug-likeness (QED) is 0.816. The van der Waals surface area contributed by atoms with Crippen LogP contribution in [0.25, 0.3) is 10.9 Å². The number of carbonyl (C=O) groups is 3. The van der Waals surface area contributed by atoms with Crippen LogP contribution < -0.4 is 5.32 Å². The number of hydrogen-bond donors (Lipinski definition) is 1. The van der Waals surface area contributed by atoms with Gasteiger partial charge in [0.1, 0.15) is 0 Å². The molecular formula is C19H24N4O3. The molecule has 1 fully saturated rings. The fraction of sp³-hybridized carbons (Fsp3) is 0.421. The maximum absolute atomic E-state index is 12.9. The lowest BCUT2D eigenvalue weighted by Gasteiger charge is -2.34. The Labute approximate surface area is 152 Å². The lowest BCUT2D eigenvalue weighted by Crippen LogP contribution is -2.54. The Balaban J connectivity index is 1.67. The second-order valence-electron chi connectivity index (χ2n) is 6.88. The van der Waals surface area contributed by atoms with Crippen molar-refractivity contribution in [2.24, 2.45) is 7.05 Å². The number of piperazine rings is 1. The number of para-hydroxylation sites is 1. The monoisotopic (exact) mass is 356 g/mol. The Morgan fingerprint density at radius 1 is 1.00 bits per heavy atom. The van der Waals surface area contributed by atoms with Crippen LogP contribution in [0, 0.1) is 0 Å². The molecule has 1 aromatic carbocycles. The highest BCUT2D eigenvalue weighted by Gasteiger charge is 2.29. The molecular weight excluding hydrogens is 332 g/mol. The summed E-state index contributed by atoms with van der Waals surface area (Å²) in [6, 6.07) is 7.71. The maximum Gasteiger partial charge on any atom is 0.312 e. The van der Waals surface area contributed by atoms with Crippen molar-refractivity contribution in [1.29, 1.82) is 0 Å². The van der Waals surface area contributed by atoms with Crippen molar-refractivity contribution < 1.29 is 14.4 Å². The first-order chi connectivity index (χ1) is 12.4. The van der Waals surface area contributed by atoms with E-state index in [1.807, 2.05) is 55.9 Å². The molecule has 138 valence electrons. The first kappa shape index (κ1) is 18.0. The molecule has 0 radical (unpaired) electrons. The first-order valence-electron chi connectivity index (χ1n) is 8.81. The van der Waals surface area contributed by atoms with Gasteiger partial charge in [0.15, 0.2) is 0 Å². The van der Waals surface area contributed by atoms with Gasteiger partial charge in [-0.15, -0.1) is 0 Å². The third-order valence-electron chi connectivity index (χ3n) is 4.60. The molecule has 3 amide bonds. The third-order valence-corrected chi connectivity index (χ3v) is 4.60. The van der Waals surface area contributed by atoms with Crippen LogP contribution in [0.2, 0.25) is 0 Å². The van der Waals surface area contributed by atoms with Gasteiger partial charge >= 0.3 is 11.8 Å². The minimum atomic E-state index is -0.589. The van der Waals surface area contributed by atoms with Crippen LogP contribution in [-0.2, 0) is 16.6 Å². The molecule has 1 N–H and O–H groups in total. The molecule has 0 unspecified atom stereocenters. The Morgan fingerprint density at radius 3 is 2.27 bits per heavy atom. The highest BCUT2D eigenvalue weighted by molar-refractivity contribution is 6.35. The average molecular weight is 356 g/mol. The van der Waals surface area contributed by atoms with Crippen molar-refractivity contribution in [1.82, 2.24) is 19.7 Å². The van der Waals surface area contributed by atoms with E-state index in [4.69, 9.17) is 0 Å². The molecule has 7 heteroatoms. The van der Waals surface area contributed by atoms with Gasteiger partial charge in [0.2, 0.25) is 0 Å². The minimum Gasteiger partial charge on any atom is -0.350 e. The Kier molecular flexibility index (Phi) is 4.97. The van der Waals surface area contributed by atoms with Gasteiger partial charge in [-0.1, -0.05) is 18.2 Å². The number of nitrogens with zero attached hydrogens (tertiary/aromatic N) is 3. The van der Waals surface area contributed by atoms with E-state index in [1.54, 1.807) is 4.90 Å². The van der Waals surface area contributed by atoms with Crippen molar-refractivity contribution in [3.05, 3.63) is 36.0 Å². The second kappa shape index (κ2) is 7.19. The van der Waals surface area contributed by atoms with Crippen LogP contribution in [0.1, 0.15) is 24.2 Å². The van der Waals surface area contributed by atoms with E-state index < -0.39 is 11.8 Å². The van der Waals surface area contributed by atoms with E-state index in [-0.39, 0.29) is 11.9 Å². The molecule has 0 bridgehead atoms. The topological polar surface area (TPSA) is 74.7 Å². The number of aromatic nitrogens is 1. The summed E-state index contributed by atoms with van der Waals surface area (Å²) in [6.45, 7) is 5.19. The van der Waals surface area contributed by atoms with Crippen LogP contribution in [0.5, 0.6) is 0 Å². The Morgan fingerprint density at radius 2 is 1.62 bits per heavy atom. The number of benzene rings is 1. The maximum atomic E-state index is 12.9. The predicted molar refractivity (Wildman–Crippen MR) is 98.7 cm³/mol. The summed E-state index contributed by atoms with van der Waals surface area (Å²) in [4.78, 5) is 40.2. The lowest BCUT2D eigenvalue weighted by atomic mass is 10.1. The van der Waals surface area contributed by atoms with Crippen LogP contribution in [0.15, 0.2) is 30.5 Å². The summed E-state index contributed by atoms with van der Waals surface area (Å²) in [5.74, 6) is -1.16. The van der Waals surface area contributed by atoms with Gasteiger partial charge in [0.05, 0.1) is 5.56 Å². The third kappa shape index (κ3) is 3.42. The number of hydrogen-bond acceptors (Lipinski definition) is 3. The van der Waals surface area contributed by atoms with Crippen molar-refractivity contribution in [3.8, 4) is 0 Å². The van der Waals surface area contributed by atoms with Crippen LogP contribution in [0.3, 0.4) is 0 Å². The molecule has 0 aliphatic carbocycles. The molecule has 2 heterocycles. The average Bonchev–Trinajstić information content (AvgIpc) is 2.97. The summed E-state index contributed by atoms with van der Waals surface area (Å²) < 4.78 is 1.94. The van der Waals surface area contributed by atoms with Gasteiger partial charge in [-0.2, -0.15) is 0 Å². The first-order valence-corrected chi connectivity index (χ1v) is 8.81.